The molecule has 0 saturated carbocycles. The summed E-state index contributed by atoms with van der Waals surface area (Å²) in [4.78, 5) is 16.1. The Morgan fingerprint density at radius 1 is 1.04 bits per heavy atom. The average Bonchev–Trinajstić information content (AvgIpc) is 3.14. The van der Waals surface area contributed by atoms with Crippen molar-refractivity contribution in [2.75, 3.05) is 6.54 Å². The molecular weight excluding hydrogens is 333 g/mol. The Bertz CT molecular complexity index is 832. The van der Waals surface area contributed by atoms with Gasteiger partial charge in [-0.3, -0.25) is 4.79 Å². The quantitative estimate of drug-likeness (QED) is 0.629. The van der Waals surface area contributed by atoms with Gasteiger partial charge >= 0.3 is 0 Å². The van der Waals surface area contributed by atoms with Crippen LogP contribution in [0.15, 0.2) is 59.1 Å². The molecule has 0 aliphatic heterocycles. The van der Waals surface area contributed by atoms with Gasteiger partial charge in [-0.2, -0.15) is 4.98 Å². The van der Waals surface area contributed by atoms with Gasteiger partial charge in [0.15, 0.2) is 0 Å². The number of aryl methyl sites for hydroxylation is 2. The number of halogens is 1. The minimum absolute atomic E-state index is 0.0420. The lowest BCUT2D eigenvalue weighted by molar-refractivity contribution is -0.121. The fourth-order valence-corrected chi connectivity index (χ4v) is 2.55. The summed E-state index contributed by atoms with van der Waals surface area (Å²) in [6.07, 6.45) is 2.49. The number of rotatable bonds is 8. The molecule has 0 atom stereocenters. The highest BCUT2D eigenvalue weighted by atomic mass is 19.1. The van der Waals surface area contributed by atoms with E-state index >= 15 is 0 Å². The van der Waals surface area contributed by atoms with Crippen molar-refractivity contribution < 1.29 is 13.7 Å². The van der Waals surface area contributed by atoms with Crippen LogP contribution in [0.25, 0.3) is 11.4 Å². The number of aromatic nitrogens is 2. The van der Waals surface area contributed by atoms with Crippen LogP contribution in [0.4, 0.5) is 4.39 Å². The molecule has 0 radical (unpaired) electrons. The van der Waals surface area contributed by atoms with E-state index in [2.05, 4.69) is 27.6 Å². The minimum atomic E-state index is -0.318. The summed E-state index contributed by atoms with van der Waals surface area (Å²) < 4.78 is 18.1. The van der Waals surface area contributed by atoms with Crippen LogP contribution in [0.3, 0.4) is 0 Å². The summed E-state index contributed by atoms with van der Waals surface area (Å²) in [6.45, 7) is 0.637. The summed E-state index contributed by atoms with van der Waals surface area (Å²) in [6, 6.07) is 16.0. The molecule has 3 aromatic rings. The molecule has 0 spiro atoms. The second kappa shape index (κ2) is 8.89. The third-order valence-electron chi connectivity index (χ3n) is 3.94. The molecule has 26 heavy (non-hydrogen) atoms. The van der Waals surface area contributed by atoms with E-state index in [-0.39, 0.29) is 18.1 Å². The van der Waals surface area contributed by atoms with Gasteiger partial charge in [-0.25, -0.2) is 4.39 Å². The highest BCUT2D eigenvalue weighted by Crippen LogP contribution is 2.16. The van der Waals surface area contributed by atoms with E-state index in [0.717, 1.165) is 12.8 Å². The van der Waals surface area contributed by atoms with Gasteiger partial charge < -0.3 is 9.84 Å². The summed E-state index contributed by atoms with van der Waals surface area (Å²) in [5, 5.41) is 6.76. The molecule has 0 unspecified atom stereocenters. The first-order chi connectivity index (χ1) is 12.7. The van der Waals surface area contributed by atoms with Gasteiger partial charge in [0.1, 0.15) is 5.82 Å². The maximum Gasteiger partial charge on any atom is 0.227 e. The van der Waals surface area contributed by atoms with Gasteiger partial charge in [-0.15, -0.1) is 0 Å². The molecule has 0 aliphatic rings. The zero-order chi connectivity index (χ0) is 18.2. The van der Waals surface area contributed by atoms with E-state index in [4.69, 9.17) is 4.52 Å². The van der Waals surface area contributed by atoms with E-state index in [1.54, 1.807) is 12.1 Å². The molecule has 0 bridgehead atoms. The minimum Gasteiger partial charge on any atom is -0.356 e. The fraction of sp³-hybridized carbons (Fsp3) is 0.250. The van der Waals surface area contributed by atoms with Crippen LogP contribution >= 0.6 is 0 Å². The van der Waals surface area contributed by atoms with Crippen LogP contribution in [0.1, 0.15) is 24.3 Å². The fourth-order valence-electron chi connectivity index (χ4n) is 2.55. The smallest absolute Gasteiger partial charge is 0.227 e. The molecule has 1 aromatic heterocycles. The lowest BCUT2D eigenvalue weighted by Crippen LogP contribution is -2.25. The van der Waals surface area contributed by atoms with Crippen LogP contribution in [0.2, 0.25) is 0 Å². The molecule has 0 saturated heterocycles. The largest absolute Gasteiger partial charge is 0.356 e. The first-order valence-corrected chi connectivity index (χ1v) is 8.60. The number of hydrogen-bond donors (Lipinski definition) is 1. The van der Waals surface area contributed by atoms with Crippen molar-refractivity contribution in [3.63, 3.8) is 0 Å². The van der Waals surface area contributed by atoms with E-state index in [1.807, 2.05) is 18.2 Å². The zero-order valence-corrected chi connectivity index (χ0v) is 14.3. The van der Waals surface area contributed by atoms with Crippen LogP contribution in [0.5, 0.6) is 0 Å². The number of carbonyl (C=O) groups is 1. The van der Waals surface area contributed by atoms with Gasteiger partial charge in [0.25, 0.3) is 0 Å². The predicted molar refractivity (Wildman–Crippen MR) is 95.8 cm³/mol. The molecule has 0 fully saturated rings. The number of nitrogens with zero attached hydrogens (tertiary/aromatic N) is 2. The average molecular weight is 353 g/mol. The number of carbonyl (C=O) groups excluding carboxylic acids is 1. The first kappa shape index (κ1) is 17.8. The molecule has 0 aliphatic carbocycles. The Morgan fingerprint density at radius 2 is 1.81 bits per heavy atom. The summed E-state index contributed by atoms with van der Waals surface area (Å²) in [7, 11) is 0. The normalized spacial score (nSPS) is 10.7. The monoisotopic (exact) mass is 353 g/mol. The number of nitrogens with one attached hydrogen (secondary N) is 1. The second-order valence-electron chi connectivity index (χ2n) is 5.96. The Hall–Kier alpha value is -3.02. The lowest BCUT2D eigenvalue weighted by Gasteiger charge is -2.04. The van der Waals surface area contributed by atoms with Crippen molar-refractivity contribution in [1.82, 2.24) is 15.5 Å². The summed E-state index contributed by atoms with van der Waals surface area (Å²) in [5.74, 6) is 0.424. The van der Waals surface area contributed by atoms with E-state index in [9.17, 15) is 9.18 Å². The van der Waals surface area contributed by atoms with Crippen molar-refractivity contribution in [3.05, 3.63) is 71.9 Å². The maximum absolute atomic E-state index is 12.9. The highest BCUT2D eigenvalue weighted by Gasteiger charge is 2.10. The molecule has 1 heterocycles. The van der Waals surface area contributed by atoms with Crippen LogP contribution < -0.4 is 5.32 Å². The summed E-state index contributed by atoms with van der Waals surface area (Å²) in [5.41, 5.74) is 1.94. The first-order valence-electron chi connectivity index (χ1n) is 8.60. The van der Waals surface area contributed by atoms with Crippen molar-refractivity contribution in [1.29, 1.82) is 0 Å². The highest BCUT2D eigenvalue weighted by molar-refractivity contribution is 5.76. The van der Waals surface area contributed by atoms with Gasteiger partial charge in [-0.1, -0.05) is 35.5 Å². The van der Waals surface area contributed by atoms with Crippen LogP contribution in [-0.2, 0) is 17.6 Å². The SMILES string of the molecule is O=C(CCc1nc(-c2ccc(F)cc2)no1)NCCCc1ccccc1. The lowest BCUT2D eigenvalue weighted by atomic mass is 10.1. The topological polar surface area (TPSA) is 68.0 Å². The molecule has 5 nitrogen and oxygen atoms in total. The van der Waals surface area contributed by atoms with Gasteiger partial charge in [0, 0.05) is 24.9 Å². The number of benzene rings is 2. The molecule has 134 valence electrons. The Morgan fingerprint density at radius 3 is 2.58 bits per heavy atom. The van der Waals surface area contributed by atoms with Gasteiger partial charge in [-0.05, 0) is 42.7 Å². The zero-order valence-electron chi connectivity index (χ0n) is 14.3. The van der Waals surface area contributed by atoms with E-state index in [1.165, 1.54) is 17.7 Å². The van der Waals surface area contributed by atoms with Crippen molar-refractivity contribution in [2.24, 2.45) is 0 Å². The second-order valence-corrected chi connectivity index (χ2v) is 5.96. The summed E-state index contributed by atoms with van der Waals surface area (Å²) >= 11 is 0. The third kappa shape index (κ3) is 5.24. The predicted octanol–water partition coefficient (Wildman–Crippen LogP) is 3.56. The van der Waals surface area contributed by atoms with Crippen molar-refractivity contribution in [2.45, 2.75) is 25.7 Å². The van der Waals surface area contributed by atoms with Crippen molar-refractivity contribution in [3.8, 4) is 11.4 Å². The molecule has 1 amide bonds. The van der Waals surface area contributed by atoms with Crippen LogP contribution in [-0.4, -0.2) is 22.6 Å². The molecule has 2 aromatic carbocycles. The van der Waals surface area contributed by atoms with Crippen LogP contribution in [0, 0.1) is 5.82 Å². The molecular formula is C20H20FN3O2. The Labute approximate surface area is 151 Å². The third-order valence-corrected chi connectivity index (χ3v) is 3.94. The molecule has 1 N–H and O–H groups in total. The molecule has 6 heteroatoms. The van der Waals surface area contributed by atoms with Crippen molar-refractivity contribution >= 4 is 5.91 Å². The Balaban J connectivity index is 1.38. The maximum atomic E-state index is 12.9. The van der Waals surface area contributed by atoms with Gasteiger partial charge in [0.05, 0.1) is 0 Å². The number of hydrogen-bond acceptors (Lipinski definition) is 4. The van der Waals surface area contributed by atoms with E-state index < -0.39 is 0 Å². The van der Waals surface area contributed by atoms with Gasteiger partial charge in [0.2, 0.25) is 17.6 Å². The Kier molecular flexibility index (Phi) is 6.09. The van der Waals surface area contributed by atoms with E-state index in [0.29, 0.717) is 30.2 Å². The standard InChI is InChI=1S/C20H20FN3O2/c21-17-10-8-16(9-11-17)20-23-19(26-24-20)13-12-18(25)22-14-4-7-15-5-2-1-3-6-15/h1-3,5-6,8-11H,4,7,12-14H2,(H,22,25). The number of amides is 1. The molecule has 3 rings (SSSR count).